The fourth-order valence-corrected chi connectivity index (χ4v) is 1.53. The molecule has 0 fully saturated rings. The molecule has 1 aromatic carbocycles. The molecule has 0 bridgehead atoms. The molecule has 0 aliphatic carbocycles. The van der Waals surface area contributed by atoms with E-state index in [1.54, 1.807) is 31.5 Å². The molecule has 0 radical (unpaired) electrons. The van der Waals surface area contributed by atoms with E-state index >= 15 is 0 Å². The SMILES string of the molecule is COc1cc(C#N)ccc1OCc1nccn1C. The third-order valence-corrected chi connectivity index (χ3v) is 2.57. The van der Waals surface area contributed by atoms with Gasteiger partial charge in [-0.05, 0) is 12.1 Å². The van der Waals surface area contributed by atoms with Gasteiger partial charge in [0.1, 0.15) is 12.4 Å². The van der Waals surface area contributed by atoms with Crippen molar-refractivity contribution in [3.05, 3.63) is 42.0 Å². The molecule has 0 saturated heterocycles. The summed E-state index contributed by atoms with van der Waals surface area (Å²) in [4.78, 5) is 4.16. The summed E-state index contributed by atoms with van der Waals surface area (Å²) in [6.07, 6.45) is 3.57. The highest BCUT2D eigenvalue weighted by Crippen LogP contribution is 2.28. The first-order valence-corrected chi connectivity index (χ1v) is 5.41. The maximum Gasteiger partial charge on any atom is 0.162 e. The molecule has 5 heteroatoms. The highest BCUT2D eigenvalue weighted by atomic mass is 16.5. The minimum absolute atomic E-state index is 0.353. The van der Waals surface area contributed by atoms with Gasteiger partial charge in [0.2, 0.25) is 0 Å². The molecule has 92 valence electrons. The Morgan fingerprint density at radius 3 is 2.83 bits per heavy atom. The summed E-state index contributed by atoms with van der Waals surface area (Å²) in [5, 5.41) is 8.81. The first-order valence-electron chi connectivity index (χ1n) is 5.41. The van der Waals surface area contributed by atoms with Crippen LogP contribution in [0.15, 0.2) is 30.6 Å². The Hall–Kier alpha value is -2.48. The highest BCUT2D eigenvalue weighted by molar-refractivity contribution is 5.46. The van der Waals surface area contributed by atoms with E-state index in [0.29, 0.717) is 23.7 Å². The van der Waals surface area contributed by atoms with Crippen molar-refractivity contribution < 1.29 is 9.47 Å². The molecule has 2 aromatic rings. The van der Waals surface area contributed by atoms with Crippen LogP contribution < -0.4 is 9.47 Å². The van der Waals surface area contributed by atoms with Gasteiger partial charge in [-0.2, -0.15) is 5.26 Å². The van der Waals surface area contributed by atoms with E-state index in [1.807, 2.05) is 17.8 Å². The van der Waals surface area contributed by atoms with Crippen LogP contribution in [0.3, 0.4) is 0 Å². The molecule has 0 saturated carbocycles. The number of rotatable bonds is 4. The minimum Gasteiger partial charge on any atom is -0.493 e. The summed E-state index contributed by atoms with van der Waals surface area (Å²) in [5.41, 5.74) is 0.538. The topological polar surface area (TPSA) is 60.1 Å². The number of aryl methyl sites for hydroxylation is 1. The number of hydrogen-bond donors (Lipinski definition) is 0. The molecule has 0 N–H and O–H groups in total. The van der Waals surface area contributed by atoms with Crippen LogP contribution in [0.1, 0.15) is 11.4 Å². The van der Waals surface area contributed by atoms with Crippen molar-refractivity contribution in [3.8, 4) is 17.6 Å². The van der Waals surface area contributed by atoms with Gasteiger partial charge in [0, 0.05) is 25.5 Å². The zero-order valence-electron chi connectivity index (χ0n) is 10.3. The second-order valence-corrected chi connectivity index (χ2v) is 3.72. The lowest BCUT2D eigenvalue weighted by Gasteiger charge is -2.10. The average molecular weight is 243 g/mol. The van der Waals surface area contributed by atoms with Crippen LogP contribution in [0, 0.1) is 11.3 Å². The number of hydrogen-bond acceptors (Lipinski definition) is 4. The molecule has 0 aliphatic rings. The number of nitrogens with zero attached hydrogens (tertiary/aromatic N) is 3. The van der Waals surface area contributed by atoms with Crippen LogP contribution in [-0.4, -0.2) is 16.7 Å². The van der Waals surface area contributed by atoms with Gasteiger partial charge in [0.15, 0.2) is 11.5 Å². The van der Waals surface area contributed by atoms with Crippen LogP contribution in [0.2, 0.25) is 0 Å². The molecule has 0 spiro atoms. The van der Waals surface area contributed by atoms with E-state index in [0.717, 1.165) is 5.82 Å². The van der Waals surface area contributed by atoms with Crippen molar-refractivity contribution in [2.45, 2.75) is 6.61 Å². The Labute approximate surface area is 105 Å². The monoisotopic (exact) mass is 243 g/mol. The van der Waals surface area contributed by atoms with Crippen molar-refractivity contribution in [1.82, 2.24) is 9.55 Å². The molecular weight excluding hydrogens is 230 g/mol. The number of imidazole rings is 1. The number of benzene rings is 1. The van der Waals surface area contributed by atoms with Gasteiger partial charge in [-0.1, -0.05) is 0 Å². The highest BCUT2D eigenvalue weighted by Gasteiger charge is 2.07. The first-order chi connectivity index (χ1) is 8.74. The Morgan fingerprint density at radius 2 is 2.22 bits per heavy atom. The fraction of sp³-hybridized carbons (Fsp3) is 0.231. The van der Waals surface area contributed by atoms with Gasteiger partial charge in [0.25, 0.3) is 0 Å². The predicted molar refractivity (Wildman–Crippen MR) is 65.2 cm³/mol. The largest absolute Gasteiger partial charge is 0.493 e. The number of aromatic nitrogens is 2. The van der Waals surface area contributed by atoms with Crippen molar-refractivity contribution in [2.75, 3.05) is 7.11 Å². The van der Waals surface area contributed by atoms with Gasteiger partial charge in [-0.3, -0.25) is 0 Å². The Morgan fingerprint density at radius 1 is 1.39 bits per heavy atom. The summed E-state index contributed by atoms with van der Waals surface area (Å²) in [6.45, 7) is 0.353. The van der Waals surface area contributed by atoms with Gasteiger partial charge in [-0.25, -0.2) is 4.98 Å². The first kappa shape index (κ1) is 12.0. The summed E-state index contributed by atoms with van der Waals surface area (Å²) in [7, 11) is 3.45. The van der Waals surface area contributed by atoms with E-state index < -0.39 is 0 Å². The lowest BCUT2D eigenvalue weighted by molar-refractivity contribution is 0.273. The summed E-state index contributed by atoms with van der Waals surface area (Å²) in [5.74, 6) is 1.96. The molecule has 2 rings (SSSR count). The molecule has 1 aromatic heterocycles. The molecular formula is C13H13N3O2. The van der Waals surface area contributed by atoms with Crippen molar-refractivity contribution in [1.29, 1.82) is 5.26 Å². The van der Waals surface area contributed by atoms with Crippen molar-refractivity contribution in [3.63, 3.8) is 0 Å². The zero-order valence-corrected chi connectivity index (χ0v) is 10.3. The maximum absolute atomic E-state index is 8.81. The summed E-state index contributed by atoms with van der Waals surface area (Å²) >= 11 is 0. The normalized spacial score (nSPS) is 9.83. The van der Waals surface area contributed by atoms with E-state index in [1.165, 1.54) is 0 Å². The predicted octanol–water partition coefficient (Wildman–Crippen LogP) is 1.88. The molecule has 18 heavy (non-hydrogen) atoms. The van der Waals surface area contributed by atoms with E-state index in [2.05, 4.69) is 11.1 Å². The molecule has 5 nitrogen and oxygen atoms in total. The second kappa shape index (κ2) is 5.23. The van der Waals surface area contributed by atoms with Gasteiger partial charge in [-0.15, -0.1) is 0 Å². The zero-order chi connectivity index (χ0) is 13.0. The quantitative estimate of drug-likeness (QED) is 0.822. The van der Waals surface area contributed by atoms with E-state index in [4.69, 9.17) is 14.7 Å². The molecule has 0 atom stereocenters. The van der Waals surface area contributed by atoms with Crippen molar-refractivity contribution >= 4 is 0 Å². The summed E-state index contributed by atoms with van der Waals surface area (Å²) in [6, 6.07) is 7.12. The van der Waals surface area contributed by atoms with Crippen LogP contribution >= 0.6 is 0 Å². The Kier molecular flexibility index (Phi) is 3.49. The number of nitriles is 1. The fourth-order valence-electron chi connectivity index (χ4n) is 1.53. The van der Waals surface area contributed by atoms with Crippen LogP contribution in [0.25, 0.3) is 0 Å². The van der Waals surface area contributed by atoms with E-state index in [9.17, 15) is 0 Å². The summed E-state index contributed by atoms with van der Waals surface area (Å²) < 4.78 is 12.7. The smallest absolute Gasteiger partial charge is 0.162 e. The third kappa shape index (κ3) is 2.43. The van der Waals surface area contributed by atoms with Crippen LogP contribution in [0.5, 0.6) is 11.5 Å². The molecule has 0 unspecified atom stereocenters. The lowest BCUT2D eigenvalue weighted by Crippen LogP contribution is -2.03. The lowest BCUT2D eigenvalue weighted by atomic mass is 10.2. The second-order valence-electron chi connectivity index (χ2n) is 3.72. The average Bonchev–Trinajstić information content (AvgIpc) is 2.81. The Balaban J connectivity index is 2.15. The van der Waals surface area contributed by atoms with Crippen molar-refractivity contribution in [2.24, 2.45) is 7.05 Å². The number of methoxy groups -OCH3 is 1. The maximum atomic E-state index is 8.81. The van der Waals surface area contributed by atoms with Gasteiger partial charge in [0.05, 0.1) is 18.7 Å². The number of ether oxygens (including phenoxy) is 2. The molecule has 0 aliphatic heterocycles. The molecule has 1 heterocycles. The van der Waals surface area contributed by atoms with Crippen LogP contribution in [-0.2, 0) is 13.7 Å². The van der Waals surface area contributed by atoms with E-state index in [-0.39, 0.29) is 0 Å². The standard InChI is InChI=1S/C13H13N3O2/c1-16-6-5-15-13(16)9-18-11-4-3-10(8-14)7-12(11)17-2/h3-7H,9H2,1-2H3. The minimum atomic E-state index is 0.353. The van der Waals surface area contributed by atoms with Crippen LogP contribution in [0.4, 0.5) is 0 Å². The van der Waals surface area contributed by atoms with Gasteiger partial charge < -0.3 is 14.0 Å². The molecule has 0 amide bonds. The third-order valence-electron chi connectivity index (χ3n) is 2.57. The van der Waals surface area contributed by atoms with Gasteiger partial charge >= 0.3 is 0 Å². The Bertz CT molecular complexity index is 584.